The number of aromatic nitrogens is 1. The van der Waals surface area contributed by atoms with E-state index in [2.05, 4.69) is 16.4 Å². The highest BCUT2D eigenvalue weighted by Crippen LogP contribution is 2.43. The number of nitrogens with zero attached hydrogens (tertiary/aromatic N) is 3. The van der Waals surface area contributed by atoms with Crippen LogP contribution < -0.4 is 14.4 Å². The fourth-order valence-corrected chi connectivity index (χ4v) is 5.66. The molecule has 0 atom stereocenters. The third-order valence-corrected chi connectivity index (χ3v) is 8.68. The van der Waals surface area contributed by atoms with Crippen LogP contribution in [0.1, 0.15) is 15.9 Å². The summed E-state index contributed by atoms with van der Waals surface area (Å²) in [6.45, 7) is 0. The molecule has 6 rings (SSSR count). The highest BCUT2D eigenvalue weighted by Gasteiger charge is 2.27. The van der Waals surface area contributed by atoms with E-state index in [-0.39, 0.29) is 28.5 Å². The smallest absolute Gasteiger partial charge is 0.255 e. The third kappa shape index (κ3) is 5.13. The first kappa shape index (κ1) is 29.4. The number of sulfonamides is 1. The van der Waals surface area contributed by atoms with Crippen LogP contribution in [0.3, 0.4) is 0 Å². The van der Waals surface area contributed by atoms with Gasteiger partial charge in [0.05, 0.1) is 35.7 Å². The van der Waals surface area contributed by atoms with Gasteiger partial charge in [-0.15, -0.1) is 0 Å². The van der Waals surface area contributed by atoms with Gasteiger partial charge in [0.15, 0.2) is 5.58 Å². The van der Waals surface area contributed by atoms with E-state index in [4.69, 9.17) is 13.6 Å². The number of hydrogen-bond donors (Lipinski definition) is 1. The van der Waals surface area contributed by atoms with Crippen molar-refractivity contribution in [2.24, 2.45) is 0 Å². The van der Waals surface area contributed by atoms with E-state index in [0.717, 1.165) is 10.6 Å². The molecule has 0 bridgehead atoms. The Kier molecular flexibility index (Phi) is 7.26. The lowest BCUT2D eigenvalue weighted by Gasteiger charge is -2.21. The Morgan fingerprint density at radius 3 is 2.40 bits per heavy atom. The van der Waals surface area contributed by atoms with Crippen LogP contribution >= 0.6 is 0 Å². The lowest BCUT2D eigenvalue weighted by atomic mass is 9.97. The first-order valence-corrected chi connectivity index (χ1v) is 15.4. The van der Waals surface area contributed by atoms with Gasteiger partial charge in [0.1, 0.15) is 34.5 Å². The highest BCUT2D eigenvalue weighted by atomic mass is 32.2. The second kappa shape index (κ2) is 11.1. The van der Waals surface area contributed by atoms with Crippen molar-refractivity contribution in [3.8, 4) is 45.7 Å². The number of amides is 1. The van der Waals surface area contributed by atoms with Gasteiger partial charge in [-0.05, 0) is 60.2 Å². The summed E-state index contributed by atoms with van der Waals surface area (Å²) in [7, 11) is 0.640. The summed E-state index contributed by atoms with van der Waals surface area (Å²) < 4.78 is 58.2. The van der Waals surface area contributed by atoms with E-state index >= 15 is 0 Å². The quantitative estimate of drug-likeness (QED) is 0.217. The van der Waals surface area contributed by atoms with Crippen LogP contribution in [0, 0.1) is 17.1 Å². The molecule has 10 nitrogen and oxygen atoms in total. The number of nitrogens with one attached hydrogen (secondary N) is 1. The summed E-state index contributed by atoms with van der Waals surface area (Å²) in [6, 6.07) is 21.1. The number of anilines is 1. The molecule has 0 fully saturated rings. The van der Waals surface area contributed by atoms with Crippen LogP contribution in [0.25, 0.3) is 56.0 Å². The average molecular weight is 625 g/mol. The second-order valence-corrected chi connectivity index (χ2v) is 12.2. The summed E-state index contributed by atoms with van der Waals surface area (Å²) in [6.07, 6.45) is 1.08. The van der Waals surface area contributed by atoms with Crippen molar-refractivity contribution < 1.29 is 31.2 Å². The number of hydrogen-bond acceptors (Lipinski definition) is 8. The van der Waals surface area contributed by atoms with Crippen LogP contribution in [0.4, 0.5) is 10.1 Å². The average Bonchev–Trinajstić information content (AvgIpc) is 3.64. The number of para-hydroxylation sites is 1. The van der Waals surface area contributed by atoms with E-state index in [0.29, 0.717) is 50.1 Å². The van der Waals surface area contributed by atoms with Crippen molar-refractivity contribution in [1.29, 1.82) is 5.26 Å². The number of carbonyl (C=O) groups excluding carboxylic acids is 1. The Balaban J connectivity index is 1.64. The molecule has 1 amide bonds. The van der Waals surface area contributed by atoms with Crippen molar-refractivity contribution in [3.63, 3.8) is 0 Å². The molecule has 2 aromatic heterocycles. The number of rotatable bonds is 7. The number of methoxy groups -OCH3 is 1. The van der Waals surface area contributed by atoms with E-state index in [1.165, 1.54) is 45.5 Å². The Hall–Kier alpha value is -5.67. The SMILES string of the molecule is CNC(=O)c1c(-c2ccc(F)cc2)oc2cc(N(C)S(C)(=O)=O)c(-c3ccc(OC)c(-c4nc5c(C#N)cccc5o4)c3)cc12. The van der Waals surface area contributed by atoms with Crippen LogP contribution in [0.2, 0.25) is 0 Å². The molecule has 0 radical (unpaired) electrons. The zero-order valence-corrected chi connectivity index (χ0v) is 25.3. The molecule has 6 aromatic rings. The number of fused-ring (bicyclic) bond motifs is 2. The van der Waals surface area contributed by atoms with Gasteiger partial charge in [-0.25, -0.2) is 17.8 Å². The molecule has 4 aromatic carbocycles. The summed E-state index contributed by atoms with van der Waals surface area (Å²) in [5.74, 6) is -0.0776. The maximum atomic E-state index is 13.7. The zero-order chi connectivity index (χ0) is 32.0. The van der Waals surface area contributed by atoms with E-state index in [1.54, 1.807) is 48.5 Å². The molecule has 12 heteroatoms. The minimum absolute atomic E-state index is 0.193. The van der Waals surface area contributed by atoms with E-state index < -0.39 is 21.7 Å². The van der Waals surface area contributed by atoms with Crippen molar-refractivity contribution in [2.75, 3.05) is 31.8 Å². The largest absolute Gasteiger partial charge is 0.496 e. The number of oxazole rings is 1. The highest BCUT2D eigenvalue weighted by molar-refractivity contribution is 7.92. The normalized spacial score (nSPS) is 11.5. The number of halogens is 1. The molecule has 0 unspecified atom stereocenters. The molecule has 45 heavy (non-hydrogen) atoms. The number of nitriles is 1. The predicted molar refractivity (Wildman–Crippen MR) is 168 cm³/mol. The first-order chi connectivity index (χ1) is 21.5. The molecule has 2 heterocycles. The van der Waals surface area contributed by atoms with Crippen molar-refractivity contribution >= 4 is 43.7 Å². The lowest BCUT2D eigenvalue weighted by Crippen LogP contribution is -2.25. The summed E-state index contributed by atoms with van der Waals surface area (Å²) in [5, 5.41) is 12.6. The molecular weight excluding hydrogens is 599 g/mol. The Bertz CT molecular complexity index is 2280. The summed E-state index contributed by atoms with van der Waals surface area (Å²) in [4.78, 5) is 17.8. The molecule has 0 aliphatic rings. The van der Waals surface area contributed by atoms with E-state index in [1.807, 2.05) is 0 Å². The minimum atomic E-state index is -3.75. The van der Waals surface area contributed by atoms with Gasteiger partial charge in [-0.1, -0.05) is 12.1 Å². The fraction of sp³-hybridized carbons (Fsp3) is 0.121. The van der Waals surface area contributed by atoms with Crippen LogP contribution in [-0.4, -0.2) is 46.8 Å². The summed E-state index contributed by atoms with van der Waals surface area (Å²) >= 11 is 0. The maximum Gasteiger partial charge on any atom is 0.255 e. The Morgan fingerprint density at radius 2 is 1.73 bits per heavy atom. The molecule has 226 valence electrons. The fourth-order valence-electron chi connectivity index (χ4n) is 5.15. The molecule has 0 saturated heterocycles. The van der Waals surface area contributed by atoms with E-state index in [9.17, 15) is 22.9 Å². The number of carbonyl (C=O) groups is 1. The Labute approximate surface area is 257 Å². The van der Waals surface area contributed by atoms with Gasteiger partial charge < -0.3 is 18.9 Å². The van der Waals surface area contributed by atoms with Crippen molar-refractivity contribution in [3.05, 3.63) is 89.7 Å². The molecular formula is C33H25FN4O6S. The van der Waals surface area contributed by atoms with Crippen LogP contribution in [0.5, 0.6) is 5.75 Å². The van der Waals surface area contributed by atoms with Crippen LogP contribution in [-0.2, 0) is 10.0 Å². The molecule has 0 aliphatic heterocycles. The maximum absolute atomic E-state index is 13.7. The van der Waals surface area contributed by atoms with Gasteiger partial charge in [-0.3, -0.25) is 9.10 Å². The minimum Gasteiger partial charge on any atom is -0.496 e. The van der Waals surface area contributed by atoms with Crippen LogP contribution in [0.15, 0.2) is 81.6 Å². The zero-order valence-electron chi connectivity index (χ0n) is 24.5. The standard InChI is InChI=1S/C33H25FN4O6S/c1-36-32(39)29-23-15-22(25(38(2)45(4,40)41)16-28(23)43-31(29)18-8-11-21(34)12-9-18)19-10-13-26(42-3)24(14-19)33-37-30-20(17-35)6-5-7-27(30)44-33/h5-16H,1-4H3,(H,36,39). The lowest BCUT2D eigenvalue weighted by molar-refractivity contribution is 0.0964. The predicted octanol–water partition coefficient (Wildman–Crippen LogP) is 6.35. The monoisotopic (exact) mass is 624 g/mol. The first-order valence-electron chi connectivity index (χ1n) is 13.5. The van der Waals surface area contributed by atoms with Crippen molar-refractivity contribution in [2.45, 2.75) is 0 Å². The topological polar surface area (TPSA) is 139 Å². The third-order valence-electron chi connectivity index (χ3n) is 7.48. The van der Waals surface area contributed by atoms with Gasteiger partial charge >= 0.3 is 0 Å². The molecule has 0 spiro atoms. The van der Waals surface area contributed by atoms with Gasteiger partial charge in [0, 0.05) is 36.7 Å². The number of ether oxygens (including phenoxy) is 1. The molecule has 0 saturated carbocycles. The molecule has 1 N–H and O–H groups in total. The summed E-state index contributed by atoms with van der Waals surface area (Å²) in [5.41, 5.74) is 3.79. The van der Waals surface area contributed by atoms with Crippen molar-refractivity contribution in [1.82, 2.24) is 10.3 Å². The number of benzene rings is 4. The second-order valence-electron chi connectivity index (χ2n) is 10.2. The molecule has 0 aliphatic carbocycles. The van der Waals surface area contributed by atoms with Gasteiger partial charge in [0.25, 0.3) is 5.91 Å². The van der Waals surface area contributed by atoms with Gasteiger partial charge in [-0.2, -0.15) is 5.26 Å². The number of furan rings is 1. The van der Waals surface area contributed by atoms with Gasteiger partial charge in [0.2, 0.25) is 15.9 Å². The Morgan fingerprint density at radius 1 is 1.00 bits per heavy atom.